The Bertz CT molecular complexity index is 977. The second-order valence-corrected chi connectivity index (χ2v) is 7.26. The van der Waals surface area contributed by atoms with Crippen molar-refractivity contribution in [3.63, 3.8) is 0 Å². The third kappa shape index (κ3) is 3.92. The fourth-order valence-electron chi connectivity index (χ4n) is 3.20. The number of amides is 1. The summed E-state index contributed by atoms with van der Waals surface area (Å²) in [6, 6.07) is 17.5. The van der Waals surface area contributed by atoms with Crippen LogP contribution in [0.3, 0.4) is 0 Å². The third-order valence-electron chi connectivity index (χ3n) is 4.95. The van der Waals surface area contributed by atoms with Crippen LogP contribution in [0.15, 0.2) is 54.6 Å². The number of hydrogen-bond donors (Lipinski definition) is 1. The Kier molecular flexibility index (Phi) is 6.10. The SMILES string of the molecule is CC[C@H](C)NC(=O)c1cc(-c2ccc(Cl)cc2)n(-c2ccccc2OC)c1C. The van der Waals surface area contributed by atoms with Crippen LogP contribution in [0.2, 0.25) is 5.02 Å². The third-order valence-corrected chi connectivity index (χ3v) is 5.20. The number of para-hydroxylation sites is 2. The Morgan fingerprint density at radius 3 is 2.50 bits per heavy atom. The van der Waals surface area contributed by atoms with E-state index in [1.165, 1.54) is 0 Å². The summed E-state index contributed by atoms with van der Waals surface area (Å²) < 4.78 is 7.64. The number of halogens is 1. The molecule has 1 heterocycles. The minimum absolute atomic E-state index is 0.0734. The molecule has 146 valence electrons. The Hall–Kier alpha value is -2.72. The van der Waals surface area contributed by atoms with Gasteiger partial charge in [0.15, 0.2) is 0 Å². The average Bonchev–Trinajstić information content (AvgIpc) is 3.05. The smallest absolute Gasteiger partial charge is 0.253 e. The van der Waals surface area contributed by atoms with Gasteiger partial charge in [-0.05, 0) is 56.2 Å². The summed E-state index contributed by atoms with van der Waals surface area (Å²) in [6.45, 7) is 6.01. The van der Waals surface area contributed by atoms with E-state index in [0.717, 1.165) is 34.8 Å². The molecular formula is C23H25ClN2O2. The van der Waals surface area contributed by atoms with E-state index in [0.29, 0.717) is 10.6 Å². The first kappa shape index (κ1) is 20.0. The van der Waals surface area contributed by atoms with Crippen molar-refractivity contribution in [2.45, 2.75) is 33.2 Å². The average molecular weight is 397 g/mol. The van der Waals surface area contributed by atoms with Gasteiger partial charge in [0.05, 0.1) is 24.1 Å². The number of ether oxygens (including phenoxy) is 1. The molecule has 0 aliphatic heterocycles. The summed E-state index contributed by atoms with van der Waals surface area (Å²) in [6.07, 6.45) is 0.877. The van der Waals surface area contributed by atoms with E-state index >= 15 is 0 Å². The zero-order valence-electron chi connectivity index (χ0n) is 16.6. The maximum atomic E-state index is 12.9. The highest BCUT2D eigenvalue weighted by atomic mass is 35.5. The summed E-state index contributed by atoms with van der Waals surface area (Å²) in [5, 5.41) is 3.74. The van der Waals surface area contributed by atoms with Crippen LogP contribution in [0.5, 0.6) is 5.75 Å². The van der Waals surface area contributed by atoms with Crippen LogP contribution in [0.25, 0.3) is 16.9 Å². The van der Waals surface area contributed by atoms with Gasteiger partial charge in [-0.25, -0.2) is 0 Å². The van der Waals surface area contributed by atoms with Gasteiger partial charge in [0.2, 0.25) is 0 Å². The number of rotatable bonds is 6. The van der Waals surface area contributed by atoms with Gasteiger partial charge in [-0.15, -0.1) is 0 Å². The molecule has 0 saturated heterocycles. The Balaban J connectivity index is 2.21. The number of benzene rings is 2. The number of aromatic nitrogens is 1. The van der Waals surface area contributed by atoms with E-state index in [1.807, 2.05) is 68.4 Å². The lowest BCUT2D eigenvalue weighted by Crippen LogP contribution is -2.32. The first-order valence-electron chi connectivity index (χ1n) is 9.38. The summed E-state index contributed by atoms with van der Waals surface area (Å²) in [4.78, 5) is 12.9. The Labute approximate surface area is 171 Å². The Morgan fingerprint density at radius 2 is 1.86 bits per heavy atom. The second kappa shape index (κ2) is 8.53. The lowest BCUT2D eigenvalue weighted by Gasteiger charge is -2.16. The second-order valence-electron chi connectivity index (χ2n) is 6.83. The van der Waals surface area contributed by atoms with Crippen molar-refractivity contribution in [1.29, 1.82) is 0 Å². The molecule has 0 radical (unpaired) electrons. The summed E-state index contributed by atoms with van der Waals surface area (Å²) in [5.74, 6) is 0.668. The van der Waals surface area contributed by atoms with Crippen LogP contribution in [0.1, 0.15) is 36.3 Å². The molecule has 0 aliphatic rings. The predicted molar refractivity (Wildman–Crippen MR) is 115 cm³/mol. The number of nitrogens with one attached hydrogen (secondary N) is 1. The fourth-order valence-corrected chi connectivity index (χ4v) is 3.32. The molecule has 1 N–H and O–H groups in total. The molecule has 1 atom stereocenters. The molecule has 3 aromatic rings. The van der Waals surface area contributed by atoms with E-state index < -0.39 is 0 Å². The quantitative estimate of drug-likeness (QED) is 0.585. The fraction of sp³-hybridized carbons (Fsp3) is 0.261. The van der Waals surface area contributed by atoms with Crippen LogP contribution < -0.4 is 10.1 Å². The topological polar surface area (TPSA) is 43.3 Å². The molecule has 5 heteroatoms. The molecular weight excluding hydrogens is 372 g/mol. The summed E-state index contributed by atoms with van der Waals surface area (Å²) >= 11 is 6.07. The van der Waals surface area contributed by atoms with Gasteiger partial charge in [-0.2, -0.15) is 0 Å². The zero-order chi connectivity index (χ0) is 20.3. The minimum Gasteiger partial charge on any atom is -0.495 e. The van der Waals surface area contributed by atoms with E-state index in [4.69, 9.17) is 16.3 Å². The van der Waals surface area contributed by atoms with Gasteiger partial charge in [0, 0.05) is 16.8 Å². The Morgan fingerprint density at radius 1 is 1.18 bits per heavy atom. The highest BCUT2D eigenvalue weighted by Crippen LogP contribution is 2.34. The lowest BCUT2D eigenvalue weighted by molar-refractivity contribution is 0.0938. The van der Waals surface area contributed by atoms with Gasteiger partial charge in [0.25, 0.3) is 5.91 Å². The minimum atomic E-state index is -0.0734. The molecule has 2 aromatic carbocycles. The van der Waals surface area contributed by atoms with E-state index in [-0.39, 0.29) is 11.9 Å². The van der Waals surface area contributed by atoms with E-state index in [1.54, 1.807) is 7.11 Å². The monoisotopic (exact) mass is 396 g/mol. The van der Waals surface area contributed by atoms with E-state index in [2.05, 4.69) is 16.8 Å². The largest absolute Gasteiger partial charge is 0.495 e. The molecule has 0 aliphatic carbocycles. The zero-order valence-corrected chi connectivity index (χ0v) is 17.4. The molecule has 0 fully saturated rings. The van der Waals surface area contributed by atoms with Crippen LogP contribution in [0, 0.1) is 6.92 Å². The highest BCUT2D eigenvalue weighted by Gasteiger charge is 2.22. The molecule has 1 amide bonds. The maximum absolute atomic E-state index is 12.9. The van der Waals surface area contributed by atoms with Crippen LogP contribution in [-0.2, 0) is 0 Å². The molecule has 0 unspecified atom stereocenters. The lowest BCUT2D eigenvalue weighted by atomic mass is 10.1. The first-order chi connectivity index (χ1) is 13.5. The molecule has 1 aromatic heterocycles. The van der Waals surface area contributed by atoms with Gasteiger partial charge in [0.1, 0.15) is 5.75 Å². The van der Waals surface area contributed by atoms with Crippen LogP contribution in [0.4, 0.5) is 0 Å². The van der Waals surface area contributed by atoms with Crippen molar-refractivity contribution < 1.29 is 9.53 Å². The molecule has 4 nitrogen and oxygen atoms in total. The van der Waals surface area contributed by atoms with Crippen molar-refractivity contribution in [2.75, 3.05) is 7.11 Å². The standard InChI is InChI=1S/C23H25ClN2O2/c1-5-15(2)25-23(27)19-14-21(17-10-12-18(24)13-11-17)26(16(19)3)20-8-6-7-9-22(20)28-4/h6-15H,5H2,1-4H3,(H,25,27)/t15-/m0/s1. The first-order valence-corrected chi connectivity index (χ1v) is 9.76. The number of methoxy groups -OCH3 is 1. The number of nitrogens with zero attached hydrogens (tertiary/aromatic N) is 1. The van der Waals surface area contributed by atoms with Crippen molar-refractivity contribution >= 4 is 17.5 Å². The summed E-state index contributed by atoms with van der Waals surface area (Å²) in [7, 11) is 1.65. The van der Waals surface area contributed by atoms with Crippen LogP contribution in [-0.4, -0.2) is 23.6 Å². The molecule has 3 rings (SSSR count). The predicted octanol–water partition coefficient (Wildman–Crippen LogP) is 5.64. The molecule has 0 spiro atoms. The van der Waals surface area contributed by atoms with Gasteiger partial charge >= 0.3 is 0 Å². The van der Waals surface area contributed by atoms with Gasteiger partial charge in [-0.3, -0.25) is 4.79 Å². The van der Waals surface area contributed by atoms with Crippen molar-refractivity contribution in [3.8, 4) is 22.7 Å². The number of hydrogen-bond acceptors (Lipinski definition) is 2. The highest BCUT2D eigenvalue weighted by molar-refractivity contribution is 6.30. The van der Waals surface area contributed by atoms with Gasteiger partial charge in [-0.1, -0.05) is 42.8 Å². The van der Waals surface area contributed by atoms with Crippen molar-refractivity contribution in [1.82, 2.24) is 9.88 Å². The molecule has 0 saturated carbocycles. The van der Waals surface area contributed by atoms with Crippen LogP contribution >= 0.6 is 11.6 Å². The van der Waals surface area contributed by atoms with Crippen molar-refractivity contribution in [2.24, 2.45) is 0 Å². The molecule has 28 heavy (non-hydrogen) atoms. The normalized spacial score (nSPS) is 11.9. The molecule has 0 bridgehead atoms. The number of carbonyl (C=O) groups is 1. The van der Waals surface area contributed by atoms with E-state index in [9.17, 15) is 4.79 Å². The maximum Gasteiger partial charge on any atom is 0.253 e. The summed E-state index contributed by atoms with van der Waals surface area (Å²) in [5.41, 5.74) is 4.27. The van der Waals surface area contributed by atoms with Crippen molar-refractivity contribution in [3.05, 3.63) is 70.9 Å². The number of carbonyl (C=O) groups excluding carboxylic acids is 1. The van der Waals surface area contributed by atoms with Gasteiger partial charge < -0.3 is 14.6 Å².